The van der Waals surface area contributed by atoms with Crippen LogP contribution in [0.2, 0.25) is 0 Å². The monoisotopic (exact) mass is 140 g/mol. The highest BCUT2D eigenvalue weighted by Crippen LogP contribution is 2.04. The van der Waals surface area contributed by atoms with E-state index in [0.717, 1.165) is 6.61 Å². The van der Waals surface area contributed by atoms with Crippen molar-refractivity contribution in [3.8, 4) is 0 Å². The van der Waals surface area contributed by atoms with Gasteiger partial charge in [0.1, 0.15) is 0 Å². The van der Waals surface area contributed by atoms with Gasteiger partial charge in [0.2, 0.25) is 0 Å². The van der Waals surface area contributed by atoms with Gasteiger partial charge in [-0.15, -0.1) is 0 Å². The molecule has 1 rings (SSSR count). The molecule has 4 nitrogen and oxygen atoms in total. The summed E-state index contributed by atoms with van der Waals surface area (Å²) in [6, 6.07) is 0. The second kappa shape index (κ2) is 4.04. The molecule has 5 heteroatoms. The fraction of sp³-hybridized carbons (Fsp3) is 1.00. The molecule has 1 unspecified atom stereocenters. The lowest BCUT2D eigenvalue weighted by molar-refractivity contribution is 0.405. The van der Waals surface area contributed by atoms with Crippen LogP contribution in [0.5, 0.6) is 0 Å². The Kier molecular flexibility index (Phi) is 4.09. The number of ether oxygens (including phenoxy) is 1. The van der Waals surface area contributed by atoms with Crippen molar-refractivity contribution in [2.45, 2.75) is 13.0 Å². The average molecular weight is 140 g/mol. The zero-order chi connectivity index (χ0) is 6.57. The van der Waals surface area contributed by atoms with Crippen LogP contribution in [0.15, 0.2) is 0 Å². The van der Waals surface area contributed by atoms with E-state index in [1.54, 1.807) is 0 Å². The van der Waals surface area contributed by atoms with E-state index in [1.165, 1.54) is 0 Å². The average Bonchev–Trinajstić information content (AvgIpc) is 2.19. The van der Waals surface area contributed by atoms with Gasteiger partial charge in [-0.1, -0.05) is 0 Å². The van der Waals surface area contributed by atoms with Crippen molar-refractivity contribution in [3.05, 3.63) is 0 Å². The van der Waals surface area contributed by atoms with Gasteiger partial charge in [-0.25, -0.2) is 0 Å². The lowest BCUT2D eigenvalue weighted by atomic mass is 10.6. The summed E-state index contributed by atoms with van der Waals surface area (Å²) >= 11 is 0. The molecule has 2 N–H and O–H groups in total. The highest BCUT2D eigenvalue weighted by atomic mass is 31.1. The Morgan fingerprint density at radius 2 is 1.88 bits per heavy atom. The minimum Gasteiger partial charge on any atom is -0.373 e. The van der Waals surface area contributed by atoms with Crippen molar-refractivity contribution in [2.75, 3.05) is 6.61 Å². The standard InChI is InChI=1S/C3H6O.H3O3P/c1-3-2-4-3;1-4(2)3/h3H,2H2,1H3;4H,(H2,1,2,3). The van der Waals surface area contributed by atoms with E-state index in [2.05, 4.69) is 6.92 Å². The van der Waals surface area contributed by atoms with E-state index in [0.29, 0.717) is 6.10 Å². The number of epoxide rings is 1. The van der Waals surface area contributed by atoms with Gasteiger partial charge in [-0.05, 0) is 6.92 Å². The van der Waals surface area contributed by atoms with Crippen LogP contribution in [0, 0.1) is 0 Å². The molecular weight excluding hydrogens is 131 g/mol. The van der Waals surface area contributed by atoms with E-state index >= 15 is 0 Å². The van der Waals surface area contributed by atoms with Gasteiger partial charge in [0.05, 0.1) is 12.7 Å². The van der Waals surface area contributed by atoms with Crippen LogP contribution >= 0.6 is 8.25 Å². The zero-order valence-corrected chi connectivity index (χ0v) is 5.50. The molecule has 0 aromatic carbocycles. The summed E-state index contributed by atoms with van der Waals surface area (Å²) in [5, 5.41) is 0. The second-order valence-electron chi connectivity index (χ2n) is 1.43. The van der Waals surface area contributed by atoms with Crippen molar-refractivity contribution in [3.63, 3.8) is 0 Å². The van der Waals surface area contributed by atoms with Crippen molar-refractivity contribution in [1.82, 2.24) is 0 Å². The van der Waals surface area contributed by atoms with Gasteiger partial charge >= 0.3 is 8.25 Å². The molecule has 1 saturated heterocycles. The predicted octanol–water partition coefficient (Wildman–Crippen LogP) is -0.234. The number of hydrogen-bond acceptors (Lipinski definition) is 2. The zero-order valence-electron chi connectivity index (χ0n) is 4.50. The van der Waals surface area contributed by atoms with E-state index in [9.17, 15) is 0 Å². The molecule has 0 aliphatic carbocycles. The second-order valence-corrected chi connectivity index (χ2v) is 1.99. The molecule has 0 aromatic heterocycles. The summed E-state index contributed by atoms with van der Waals surface area (Å²) in [4.78, 5) is 14.3. The molecule has 50 valence electrons. The molecule has 1 aliphatic heterocycles. The maximum atomic E-state index is 8.74. The first-order valence-corrected chi connectivity index (χ1v) is 3.46. The minimum absolute atomic E-state index is 0.583. The maximum Gasteiger partial charge on any atom is 0.314 e. The van der Waals surface area contributed by atoms with Crippen molar-refractivity contribution in [1.29, 1.82) is 0 Å². The molecule has 0 saturated carbocycles. The van der Waals surface area contributed by atoms with E-state index < -0.39 is 8.25 Å². The van der Waals surface area contributed by atoms with Crippen LogP contribution < -0.4 is 0 Å². The van der Waals surface area contributed by atoms with Crippen LogP contribution in [0.25, 0.3) is 0 Å². The fourth-order valence-corrected chi connectivity index (χ4v) is 0.0962. The largest absolute Gasteiger partial charge is 0.373 e. The van der Waals surface area contributed by atoms with Gasteiger partial charge in [0.15, 0.2) is 0 Å². The SMILES string of the molecule is CC1CO1.O=[PH](O)O. The molecule has 0 spiro atoms. The normalized spacial score (nSPS) is 24.2. The first kappa shape index (κ1) is 8.11. The summed E-state index contributed by atoms with van der Waals surface area (Å²) in [6.07, 6.45) is 0.583. The predicted molar refractivity (Wildman–Crippen MR) is 28.9 cm³/mol. The lowest BCUT2D eigenvalue weighted by Crippen LogP contribution is -1.60. The highest BCUT2D eigenvalue weighted by Gasteiger charge is 2.13. The lowest BCUT2D eigenvalue weighted by Gasteiger charge is -1.61. The summed E-state index contributed by atoms with van der Waals surface area (Å²) in [6.45, 7) is 3.04. The van der Waals surface area contributed by atoms with Crippen LogP contribution in [0.4, 0.5) is 0 Å². The first-order chi connectivity index (χ1) is 3.63. The molecule has 0 aromatic rings. The highest BCUT2D eigenvalue weighted by molar-refractivity contribution is 7.30. The smallest absolute Gasteiger partial charge is 0.314 e. The Labute approximate surface area is 48.0 Å². The van der Waals surface area contributed by atoms with Crippen molar-refractivity contribution < 1.29 is 19.1 Å². The Morgan fingerprint density at radius 1 is 1.75 bits per heavy atom. The molecule has 1 aliphatic rings. The molecule has 1 fully saturated rings. The minimum atomic E-state index is -3.13. The van der Waals surface area contributed by atoms with Gasteiger partial charge in [0.25, 0.3) is 0 Å². The van der Waals surface area contributed by atoms with Gasteiger partial charge < -0.3 is 14.5 Å². The molecule has 0 bridgehead atoms. The van der Waals surface area contributed by atoms with E-state index in [1.807, 2.05) is 0 Å². The van der Waals surface area contributed by atoms with Crippen LogP contribution in [-0.2, 0) is 9.30 Å². The third-order valence-corrected chi connectivity index (χ3v) is 0.500. The molecule has 0 radical (unpaired) electrons. The topological polar surface area (TPSA) is 70.1 Å². The van der Waals surface area contributed by atoms with E-state index in [4.69, 9.17) is 19.1 Å². The van der Waals surface area contributed by atoms with Crippen LogP contribution in [-0.4, -0.2) is 22.5 Å². The summed E-state index contributed by atoms with van der Waals surface area (Å²) in [5.74, 6) is 0. The number of hydrogen-bond donors (Lipinski definition) is 2. The van der Waals surface area contributed by atoms with Crippen LogP contribution in [0.3, 0.4) is 0 Å². The first-order valence-electron chi connectivity index (χ1n) is 2.16. The van der Waals surface area contributed by atoms with Gasteiger partial charge in [-0.3, -0.25) is 4.57 Å². The third-order valence-electron chi connectivity index (χ3n) is 0.500. The molecule has 1 atom stereocenters. The summed E-state index contributed by atoms with van der Waals surface area (Å²) in [5.41, 5.74) is 0. The Hall–Kier alpha value is 0.110. The fourth-order valence-electron chi connectivity index (χ4n) is 0.0962. The third kappa shape index (κ3) is 16.5. The summed E-state index contributed by atoms with van der Waals surface area (Å²) < 4.78 is 13.4. The molecule has 8 heavy (non-hydrogen) atoms. The summed E-state index contributed by atoms with van der Waals surface area (Å²) in [7, 11) is -3.13. The van der Waals surface area contributed by atoms with Gasteiger partial charge in [0, 0.05) is 0 Å². The molecule has 1 heterocycles. The Morgan fingerprint density at radius 3 is 1.88 bits per heavy atom. The maximum absolute atomic E-state index is 8.74. The van der Waals surface area contributed by atoms with E-state index in [-0.39, 0.29) is 0 Å². The molecule has 0 amide bonds. The Bertz CT molecular complexity index is 75.4. The Balaban J connectivity index is 0.000000122. The number of rotatable bonds is 0. The van der Waals surface area contributed by atoms with Crippen molar-refractivity contribution in [2.24, 2.45) is 0 Å². The molecular formula is C3H9O4P. The van der Waals surface area contributed by atoms with Crippen LogP contribution in [0.1, 0.15) is 6.92 Å². The van der Waals surface area contributed by atoms with Crippen molar-refractivity contribution >= 4 is 8.25 Å². The quantitative estimate of drug-likeness (QED) is 0.360. The van der Waals surface area contributed by atoms with Gasteiger partial charge in [-0.2, -0.15) is 0 Å².